The monoisotopic (exact) mass is 454 g/mol. The Morgan fingerprint density at radius 3 is 3.00 bits per heavy atom. The highest BCUT2D eigenvalue weighted by Gasteiger charge is 2.43. The van der Waals surface area contributed by atoms with E-state index in [9.17, 15) is 4.79 Å². The number of hydrogen-bond donors (Lipinski definition) is 2. The largest absolute Gasteiger partial charge is 0.370 e. The smallest absolute Gasteiger partial charge is 0.249 e. The number of fused-ring (bicyclic) bond motifs is 8. The molecule has 2 aromatic heterocycles. The van der Waals surface area contributed by atoms with Crippen molar-refractivity contribution in [2.24, 2.45) is 0 Å². The first-order valence-corrected chi connectivity index (χ1v) is 12.0. The number of carbonyl (C=O) groups is 1. The van der Waals surface area contributed by atoms with Gasteiger partial charge in [-0.2, -0.15) is 0 Å². The van der Waals surface area contributed by atoms with E-state index in [1.54, 1.807) is 11.3 Å². The first-order valence-electron chi connectivity index (χ1n) is 10.2. The molecular formula is C21H22N6O2S2. The number of hydrogen-bond acceptors (Lipinski definition) is 9. The molecule has 0 amide bonds. The Morgan fingerprint density at radius 2 is 2.16 bits per heavy atom. The van der Waals surface area contributed by atoms with Crippen molar-refractivity contribution >= 4 is 34.8 Å². The number of Topliss-reactive ketones (excluding diaryl/α,β-unsaturated/α-hetero) is 1. The minimum absolute atomic E-state index is 0.0180. The Morgan fingerprint density at radius 1 is 1.32 bits per heavy atom. The highest BCUT2D eigenvalue weighted by Crippen LogP contribution is 2.48. The number of thioether (sulfide) groups is 1. The van der Waals surface area contributed by atoms with Gasteiger partial charge in [-0.25, -0.2) is 9.99 Å². The van der Waals surface area contributed by atoms with Gasteiger partial charge in [0, 0.05) is 22.4 Å². The second-order valence-corrected chi connectivity index (χ2v) is 10.5. The van der Waals surface area contributed by atoms with Crippen LogP contribution in [0.4, 0.5) is 5.95 Å². The van der Waals surface area contributed by atoms with Crippen molar-refractivity contribution in [3.8, 4) is 5.00 Å². The van der Waals surface area contributed by atoms with Gasteiger partial charge in [-0.05, 0) is 19.4 Å². The van der Waals surface area contributed by atoms with E-state index in [1.807, 2.05) is 35.3 Å². The van der Waals surface area contributed by atoms with Crippen LogP contribution in [0.5, 0.6) is 0 Å². The number of thiophene rings is 1. The second kappa shape index (κ2) is 7.14. The Kier molecular flexibility index (Phi) is 4.48. The van der Waals surface area contributed by atoms with Crippen LogP contribution in [0.15, 0.2) is 35.5 Å². The first-order chi connectivity index (χ1) is 15.0. The molecule has 0 radical (unpaired) electrons. The highest BCUT2D eigenvalue weighted by atomic mass is 32.2. The van der Waals surface area contributed by atoms with E-state index in [0.29, 0.717) is 24.6 Å². The molecule has 1 saturated heterocycles. The predicted molar refractivity (Wildman–Crippen MR) is 120 cm³/mol. The standard InChI is InChI=1S/C21H22N6O2S2/c1-21(2)8-13-15(9-29-21)31-18-16(13)17-22-11-23-27(17)19-24-25-20(26(18)19)30-10-14(28)12-6-4-3-5-7-12/h3-7,17,22-23H,8-11H2,1-2H3. The van der Waals surface area contributed by atoms with Crippen molar-refractivity contribution in [3.05, 3.63) is 51.9 Å². The van der Waals surface area contributed by atoms with E-state index in [-0.39, 0.29) is 17.6 Å². The summed E-state index contributed by atoms with van der Waals surface area (Å²) in [6, 6.07) is 9.38. The molecule has 10 heteroatoms. The lowest BCUT2D eigenvalue weighted by molar-refractivity contribution is -0.0385. The lowest BCUT2D eigenvalue weighted by Gasteiger charge is -2.34. The van der Waals surface area contributed by atoms with Crippen LogP contribution in [0, 0.1) is 0 Å². The molecule has 1 fully saturated rings. The van der Waals surface area contributed by atoms with Crippen LogP contribution >= 0.6 is 23.1 Å². The van der Waals surface area contributed by atoms with Crippen molar-refractivity contribution in [3.63, 3.8) is 0 Å². The molecule has 160 valence electrons. The SMILES string of the molecule is CC1(C)Cc2c(sc3c2C2NCNN2c2nnc(SCC(=O)c4ccccc4)n2-3)CO1. The van der Waals surface area contributed by atoms with Gasteiger partial charge in [0.05, 0.1) is 24.6 Å². The van der Waals surface area contributed by atoms with Crippen LogP contribution < -0.4 is 15.8 Å². The van der Waals surface area contributed by atoms with Crippen molar-refractivity contribution in [2.75, 3.05) is 17.4 Å². The van der Waals surface area contributed by atoms with Crippen LogP contribution in [-0.2, 0) is 17.8 Å². The third-order valence-corrected chi connectivity index (χ3v) is 7.98. The normalized spacial score (nSPS) is 20.7. The lowest BCUT2D eigenvalue weighted by atomic mass is 9.92. The van der Waals surface area contributed by atoms with Crippen LogP contribution in [0.1, 0.15) is 46.4 Å². The highest BCUT2D eigenvalue weighted by molar-refractivity contribution is 7.99. The van der Waals surface area contributed by atoms with Crippen molar-refractivity contribution in [1.82, 2.24) is 25.5 Å². The number of anilines is 1. The van der Waals surface area contributed by atoms with Crippen molar-refractivity contribution in [1.29, 1.82) is 0 Å². The van der Waals surface area contributed by atoms with E-state index < -0.39 is 0 Å². The summed E-state index contributed by atoms with van der Waals surface area (Å²) in [5, 5.41) is 16.4. The molecule has 3 aliphatic heterocycles. The molecule has 3 aromatic rings. The molecule has 0 aliphatic carbocycles. The Hall–Kier alpha value is -2.24. The summed E-state index contributed by atoms with van der Waals surface area (Å²) in [5.41, 5.74) is 6.53. The van der Waals surface area contributed by atoms with Gasteiger partial charge in [-0.15, -0.1) is 21.5 Å². The number of nitrogens with one attached hydrogen (secondary N) is 2. The molecule has 8 nitrogen and oxygen atoms in total. The minimum atomic E-state index is -0.189. The number of rotatable bonds is 4. The molecule has 5 heterocycles. The molecule has 0 saturated carbocycles. The van der Waals surface area contributed by atoms with Crippen LogP contribution in [-0.4, -0.2) is 38.6 Å². The average molecular weight is 455 g/mol. The number of ketones is 1. The molecule has 1 atom stereocenters. The Bertz CT molecular complexity index is 1170. The lowest BCUT2D eigenvalue weighted by Crippen LogP contribution is -2.40. The van der Waals surface area contributed by atoms with Gasteiger partial charge in [0.15, 0.2) is 10.9 Å². The predicted octanol–water partition coefficient (Wildman–Crippen LogP) is 3.04. The van der Waals surface area contributed by atoms with Crippen molar-refractivity contribution < 1.29 is 9.53 Å². The summed E-state index contributed by atoms with van der Waals surface area (Å²) in [6.07, 6.45) is 0.886. The molecule has 1 unspecified atom stereocenters. The Labute approximate surface area is 188 Å². The maximum Gasteiger partial charge on any atom is 0.249 e. The van der Waals surface area contributed by atoms with Gasteiger partial charge in [0.1, 0.15) is 11.2 Å². The fraction of sp³-hybridized carbons (Fsp3) is 0.381. The van der Waals surface area contributed by atoms with Crippen LogP contribution in [0.2, 0.25) is 0 Å². The molecule has 3 aliphatic rings. The molecule has 1 aromatic carbocycles. The van der Waals surface area contributed by atoms with Gasteiger partial charge in [-0.1, -0.05) is 42.1 Å². The van der Waals surface area contributed by atoms with Gasteiger partial charge < -0.3 is 4.74 Å². The maximum absolute atomic E-state index is 12.6. The summed E-state index contributed by atoms with van der Waals surface area (Å²) < 4.78 is 8.17. The zero-order valence-electron chi connectivity index (χ0n) is 17.2. The number of nitrogens with zero attached hydrogens (tertiary/aromatic N) is 4. The fourth-order valence-corrected chi connectivity index (χ4v) is 6.51. The summed E-state index contributed by atoms with van der Waals surface area (Å²) >= 11 is 3.17. The zero-order chi connectivity index (χ0) is 21.2. The second-order valence-electron chi connectivity index (χ2n) is 8.46. The zero-order valence-corrected chi connectivity index (χ0v) is 18.8. The van der Waals surface area contributed by atoms with Gasteiger partial charge in [-0.3, -0.25) is 15.1 Å². The maximum atomic E-state index is 12.6. The number of hydrazine groups is 1. The van der Waals surface area contributed by atoms with E-state index >= 15 is 0 Å². The van der Waals surface area contributed by atoms with E-state index in [4.69, 9.17) is 4.74 Å². The summed E-state index contributed by atoms with van der Waals surface area (Å²) in [5.74, 6) is 1.14. The number of carbonyl (C=O) groups excluding carboxylic acids is 1. The van der Waals surface area contributed by atoms with Gasteiger partial charge in [0.2, 0.25) is 5.95 Å². The molecular weight excluding hydrogens is 432 g/mol. The Balaban J connectivity index is 1.39. The molecule has 31 heavy (non-hydrogen) atoms. The summed E-state index contributed by atoms with van der Waals surface area (Å²) in [7, 11) is 0. The molecule has 2 N–H and O–H groups in total. The van der Waals surface area contributed by atoms with Crippen molar-refractivity contribution in [2.45, 2.75) is 43.8 Å². The van der Waals surface area contributed by atoms with E-state index in [2.05, 4.69) is 39.4 Å². The molecule has 0 bridgehead atoms. The van der Waals surface area contributed by atoms with Crippen LogP contribution in [0.25, 0.3) is 5.00 Å². The summed E-state index contributed by atoms with van der Waals surface area (Å²) in [4.78, 5) is 13.9. The quantitative estimate of drug-likeness (QED) is 0.460. The summed E-state index contributed by atoms with van der Waals surface area (Å²) in [6.45, 7) is 5.56. The number of ether oxygens (including phenoxy) is 1. The number of aromatic nitrogens is 3. The van der Waals surface area contributed by atoms with Gasteiger partial charge >= 0.3 is 0 Å². The van der Waals surface area contributed by atoms with Crippen LogP contribution in [0.3, 0.4) is 0 Å². The third kappa shape index (κ3) is 3.13. The number of benzene rings is 1. The molecule has 6 rings (SSSR count). The first kappa shape index (κ1) is 19.4. The van der Waals surface area contributed by atoms with E-state index in [1.165, 1.54) is 27.8 Å². The topological polar surface area (TPSA) is 84.3 Å². The molecule has 0 spiro atoms. The third-order valence-electron chi connectivity index (χ3n) is 5.85. The minimum Gasteiger partial charge on any atom is -0.370 e. The van der Waals surface area contributed by atoms with Gasteiger partial charge in [0.25, 0.3) is 0 Å². The fourth-order valence-electron chi connectivity index (χ4n) is 4.36. The average Bonchev–Trinajstić information content (AvgIpc) is 3.47. The van der Waals surface area contributed by atoms with E-state index in [0.717, 1.165) is 22.5 Å².